The molecule has 4 rings (SSSR count). The van der Waals surface area contributed by atoms with Crippen LogP contribution in [0.4, 0.5) is 0 Å². The van der Waals surface area contributed by atoms with E-state index in [1.54, 1.807) is 90.1 Å². The largest absolute Gasteiger partial charge is 0.296 e. The summed E-state index contributed by atoms with van der Waals surface area (Å²) in [5.41, 5.74) is 0.693. The number of hydrogen-bond donors (Lipinski definition) is 0. The Morgan fingerprint density at radius 1 is 0.375 bits per heavy atom. The Hall–Kier alpha value is -3.92. The van der Waals surface area contributed by atoms with Gasteiger partial charge in [-0.1, -0.05) is 84.6 Å². The normalized spacial score (nSPS) is 12.9. The van der Waals surface area contributed by atoms with Gasteiger partial charge < -0.3 is 0 Å². The summed E-state index contributed by atoms with van der Waals surface area (Å²) in [6.45, 7) is 8.21. The van der Waals surface area contributed by atoms with E-state index in [1.165, 1.54) is 48.5 Å². The van der Waals surface area contributed by atoms with E-state index in [0.29, 0.717) is 0 Å². The van der Waals surface area contributed by atoms with E-state index in [-0.39, 0.29) is 32.4 Å². The molecule has 0 radical (unpaired) electrons. The van der Waals surface area contributed by atoms with Gasteiger partial charge in [-0.15, -0.1) is 11.8 Å². The first-order chi connectivity index (χ1) is 26.0. The third-order valence-corrected chi connectivity index (χ3v) is 13.8. The molecule has 0 aliphatic carbocycles. The predicted molar refractivity (Wildman–Crippen MR) is 210 cm³/mol. The molecule has 0 fully saturated rings. The van der Waals surface area contributed by atoms with E-state index in [4.69, 9.17) is 16.7 Å². The summed E-state index contributed by atoms with van der Waals surface area (Å²) in [6, 6.07) is 24.0. The van der Waals surface area contributed by atoms with Gasteiger partial charge in [-0.3, -0.25) is 16.7 Å². The van der Waals surface area contributed by atoms with Gasteiger partial charge in [0, 0.05) is 23.7 Å². The summed E-state index contributed by atoms with van der Waals surface area (Å²) in [5.74, 6) is 5.82. The van der Waals surface area contributed by atoms with Crippen LogP contribution < -0.4 is 0 Å². The van der Waals surface area contributed by atoms with Crippen LogP contribution in [0.5, 0.6) is 0 Å². The first-order valence-corrected chi connectivity index (χ1v) is 23.0. The van der Waals surface area contributed by atoms with E-state index in [0.717, 1.165) is 22.3 Å². The van der Waals surface area contributed by atoms with Gasteiger partial charge in [-0.05, 0) is 76.2 Å². The summed E-state index contributed by atoms with van der Waals surface area (Å²) in [6.07, 6.45) is -0.304. The van der Waals surface area contributed by atoms with Crippen LogP contribution in [0.3, 0.4) is 0 Å². The first-order valence-electron chi connectivity index (χ1n) is 17.3. The van der Waals surface area contributed by atoms with Gasteiger partial charge in [-0.2, -0.15) is 33.7 Å². The molecule has 0 spiro atoms. The highest BCUT2D eigenvalue weighted by atomic mass is 32.2. The van der Waals surface area contributed by atoms with Crippen LogP contribution in [0.1, 0.15) is 48.9 Å². The lowest BCUT2D eigenvalue weighted by atomic mass is 9.87. The van der Waals surface area contributed by atoms with Crippen LogP contribution in [0.25, 0.3) is 0 Å². The zero-order valence-corrected chi connectivity index (χ0v) is 35.3. The standard InChI is InChI=1S/C40H46O12S4/c1-31-9-17-35(18-10-31)53(41,42)49-27-39(5,28-50-54(43,44)36-19-11-32(2)12-20-36)25-7-8-26-40(6,29-51-55(45,46)37-21-13-33(3)14-22-37)30-52-56(47,48)38-23-15-34(4)16-24-38/h9-24H,25-30H2,1-6H3. The van der Waals surface area contributed by atoms with Crippen molar-refractivity contribution in [3.8, 4) is 11.8 Å². The number of rotatable bonds is 18. The fourth-order valence-corrected chi connectivity index (χ4v) is 8.99. The lowest BCUT2D eigenvalue weighted by Gasteiger charge is -2.27. The molecule has 0 aromatic heterocycles. The lowest BCUT2D eigenvalue weighted by molar-refractivity contribution is 0.103. The molecule has 0 N–H and O–H groups in total. The van der Waals surface area contributed by atoms with E-state index in [1.807, 2.05) is 0 Å². The molecule has 56 heavy (non-hydrogen) atoms. The molecule has 16 heteroatoms. The van der Waals surface area contributed by atoms with Crippen molar-refractivity contribution in [1.29, 1.82) is 0 Å². The summed E-state index contributed by atoms with van der Waals surface area (Å²) in [7, 11) is -17.1. The fourth-order valence-electron chi connectivity index (χ4n) is 4.81. The molecule has 0 bridgehead atoms. The molecular weight excluding hydrogens is 801 g/mol. The molecule has 0 saturated heterocycles. The van der Waals surface area contributed by atoms with Gasteiger partial charge in [0.1, 0.15) is 0 Å². The average molecular weight is 847 g/mol. The predicted octanol–water partition coefficient (Wildman–Crippen LogP) is 6.64. The number of aryl methyl sites for hydroxylation is 4. The van der Waals surface area contributed by atoms with Crippen molar-refractivity contribution in [2.45, 2.75) is 74.0 Å². The van der Waals surface area contributed by atoms with Gasteiger partial charge in [0.15, 0.2) is 0 Å². The second kappa shape index (κ2) is 18.1. The van der Waals surface area contributed by atoms with E-state index in [2.05, 4.69) is 11.8 Å². The van der Waals surface area contributed by atoms with E-state index >= 15 is 0 Å². The summed E-state index contributed by atoms with van der Waals surface area (Å²) in [5, 5.41) is 0. The smallest absolute Gasteiger partial charge is 0.266 e. The zero-order valence-electron chi connectivity index (χ0n) is 32.0. The van der Waals surface area contributed by atoms with Crippen molar-refractivity contribution in [3.05, 3.63) is 119 Å². The van der Waals surface area contributed by atoms with Crippen LogP contribution in [-0.2, 0) is 57.2 Å². The molecule has 12 nitrogen and oxygen atoms in total. The Morgan fingerprint density at radius 2 is 0.554 bits per heavy atom. The second-order valence-corrected chi connectivity index (χ2v) is 20.9. The maximum atomic E-state index is 13.1. The average Bonchev–Trinajstić information content (AvgIpc) is 3.15. The van der Waals surface area contributed by atoms with Crippen LogP contribution in [0, 0.1) is 50.4 Å². The second-order valence-electron chi connectivity index (χ2n) is 14.4. The fraction of sp³-hybridized carbons (Fsp3) is 0.350. The quantitative estimate of drug-likeness (QED) is 0.0773. The molecule has 0 saturated carbocycles. The Bertz CT molecular complexity index is 2130. The van der Waals surface area contributed by atoms with E-state index in [9.17, 15) is 33.7 Å². The van der Waals surface area contributed by atoms with Crippen molar-refractivity contribution in [1.82, 2.24) is 0 Å². The minimum atomic E-state index is -4.27. The molecular formula is C40H46O12S4. The van der Waals surface area contributed by atoms with Gasteiger partial charge in [0.25, 0.3) is 40.5 Å². The molecule has 0 aliphatic rings. The summed E-state index contributed by atoms with van der Waals surface area (Å²) in [4.78, 5) is -0.383. The highest BCUT2D eigenvalue weighted by molar-refractivity contribution is 7.87. The maximum absolute atomic E-state index is 13.1. The Balaban J connectivity index is 1.59. The number of hydrogen-bond acceptors (Lipinski definition) is 12. The zero-order chi connectivity index (χ0) is 41.4. The minimum Gasteiger partial charge on any atom is -0.266 e. The third kappa shape index (κ3) is 12.8. The van der Waals surface area contributed by atoms with Crippen LogP contribution in [0.15, 0.2) is 117 Å². The Morgan fingerprint density at radius 3 is 0.732 bits per heavy atom. The Labute approximate surface area is 331 Å². The van der Waals surface area contributed by atoms with Crippen molar-refractivity contribution in [3.63, 3.8) is 0 Å². The Kier molecular flexibility index (Phi) is 14.5. The summed E-state index contributed by atoms with van der Waals surface area (Å²) < 4.78 is 127. The highest BCUT2D eigenvalue weighted by Crippen LogP contribution is 2.30. The van der Waals surface area contributed by atoms with Crippen molar-refractivity contribution >= 4 is 40.5 Å². The molecule has 302 valence electrons. The molecule has 4 aromatic carbocycles. The molecule has 0 unspecified atom stereocenters. The van der Waals surface area contributed by atoms with Gasteiger partial charge in [0.05, 0.1) is 46.0 Å². The number of benzene rings is 4. The van der Waals surface area contributed by atoms with Crippen molar-refractivity contribution in [2.75, 3.05) is 26.4 Å². The van der Waals surface area contributed by atoms with E-state index < -0.39 is 77.7 Å². The monoisotopic (exact) mass is 846 g/mol. The highest BCUT2D eigenvalue weighted by Gasteiger charge is 2.33. The lowest BCUT2D eigenvalue weighted by Crippen LogP contribution is -2.32. The molecule has 0 atom stereocenters. The van der Waals surface area contributed by atoms with Gasteiger partial charge >= 0.3 is 0 Å². The van der Waals surface area contributed by atoms with Crippen LogP contribution >= 0.6 is 0 Å². The maximum Gasteiger partial charge on any atom is 0.296 e. The first kappa shape index (κ1) is 44.8. The van der Waals surface area contributed by atoms with Gasteiger partial charge in [0.2, 0.25) is 0 Å². The summed E-state index contributed by atoms with van der Waals surface area (Å²) >= 11 is 0. The van der Waals surface area contributed by atoms with Crippen LogP contribution in [0.2, 0.25) is 0 Å². The molecule has 0 aliphatic heterocycles. The minimum absolute atomic E-state index is 0.0957. The van der Waals surface area contributed by atoms with Crippen LogP contribution in [-0.4, -0.2) is 60.1 Å². The molecule has 4 aromatic rings. The van der Waals surface area contributed by atoms with Crippen molar-refractivity contribution < 1.29 is 50.4 Å². The van der Waals surface area contributed by atoms with Gasteiger partial charge in [-0.25, -0.2) is 0 Å². The molecule has 0 amide bonds. The molecule has 0 heterocycles. The third-order valence-electron chi connectivity index (χ3n) is 8.64. The SMILES string of the molecule is Cc1ccc(S(=O)(=O)OCC(C)(CC#CCC(C)(COS(=O)(=O)c2ccc(C)cc2)COS(=O)(=O)c2ccc(C)cc2)COS(=O)(=O)c2ccc(C)cc2)cc1. The van der Waals surface area contributed by atoms with Crippen molar-refractivity contribution in [2.24, 2.45) is 10.8 Å². The topological polar surface area (TPSA) is 173 Å².